The molecule has 0 aliphatic heterocycles. The van der Waals surface area contributed by atoms with E-state index in [1.165, 1.54) is 32.4 Å². The van der Waals surface area contributed by atoms with Gasteiger partial charge in [-0.05, 0) is 35.4 Å². The molecule has 0 atom stereocenters. The van der Waals surface area contributed by atoms with Gasteiger partial charge >= 0.3 is 0 Å². The summed E-state index contributed by atoms with van der Waals surface area (Å²) in [4.78, 5) is -0.269. The average molecular weight is 305 g/mol. The molecule has 0 N–H and O–H groups in total. The van der Waals surface area contributed by atoms with Crippen molar-refractivity contribution in [1.29, 1.82) is 0 Å². The van der Waals surface area contributed by atoms with E-state index in [9.17, 15) is 13.0 Å². The van der Waals surface area contributed by atoms with E-state index in [-0.39, 0.29) is 4.90 Å². The van der Waals surface area contributed by atoms with Crippen molar-refractivity contribution in [1.82, 2.24) is 0 Å². The zero-order valence-corrected chi connectivity index (χ0v) is 12.3. The van der Waals surface area contributed by atoms with Gasteiger partial charge < -0.3 is 9.29 Å². The summed E-state index contributed by atoms with van der Waals surface area (Å²) >= 11 is 0. The highest BCUT2D eigenvalue weighted by atomic mass is 32.2. The molecule has 6 nitrogen and oxygen atoms in total. The fraction of sp³-hybridized carbons (Fsp3) is 0.143. The van der Waals surface area contributed by atoms with Gasteiger partial charge in [0.1, 0.15) is 21.6 Å². The third-order valence-electron chi connectivity index (χ3n) is 2.84. The monoisotopic (exact) mass is 305 g/mol. The van der Waals surface area contributed by atoms with E-state index in [0.717, 1.165) is 0 Å². The van der Waals surface area contributed by atoms with E-state index >= 15 is 0 Å². The minimum Gasteiger partial charge on any atom is -0.744 e. The van der Waals surface area contributed by atoms with E-state index in [1.807, 2.05) is 0 Å². The average Bonchev–Trinajstić information content (AvgIpc) is 2.47. The Bertz CT molecular complexity index is 785. The minimum atomic E-state index is -4.48. The summed E-state index contributed by atoms with van der Waals surface area (Å²) in [6.07, 6.45) is 0. The Balaban J connectivity index is 2.55. The molecule has 0 fully saturated rings. The standard InChI is InChI=1S/C14H14N2O4S/c1-15-16-13-9-11(6-7-14(13)20-2)10-4-3-5-12(8-10)21(17,18)19/h3-9H,1-2H3,(H,17,18,19)/p-1. The zero-order chi connectivity index (χ0) is 15.5. The largest absolute Gasteiger partial charge is 0.744 e. The number of methoxy groups -OCH3 is 1. The van der Waals surface area contributed by atoms with Crippen molar-refractivity contribution in [3.63, 3.8) is 0 Å². The summed E-state index contributed by atoms with van der Waals surface area (Å²) in [5.41, 5.74) is 1.83. The van der Waals surface area contributed by atoms with Crippen LogP contribution in [0.2, 0.25) is 0 Å². The number of hydrogen-bond donors (Lipinski definition) is 0. The van der Waals surface area contributed by atoms with Crippen LogP contribution in [0.5, 0.6) is 5.75 Å². The molecule has 0 unspecified atom stereocenters. The molecule has 0 aliphatic carbocycles. The van der Waals surface area contributed by atoms with Crippen LogP contribution < -0.4 is 4.74 Å². The lowest BCUT2D eigenvalue weighted by atomic mass is 10.0. The number of azo groups is 1. The molecule has 0 saturated carbocycles. The van der Waals surface area contributed by atoms with Gasteiger partial charge in [0.25, 0.3) is 0 Å². The fourth-order valence-electron chi connectivity index (χ4n) is 1.89. The SMILES string of the molecule is CN=Nc1cc(-c2cccc(S(=O)(=O)[O-])c2)ccc1OC. The Labute approximate surface area is 122 Å². The Morgan fingerprint density at radius 1 is 1.10 bits per heavy atom. The summed E-state index contributed by atoms with van der Waals surface area (Å²) in [6, 6.07) is 11.0. The second-order valence-electron chi connectivity index (χ2n) is 4.17. The van der Waals surface area contributed by atoms with Gasteiger partial charge in [-0.1, -0.05) is 18.2 Å². The first-order chi connectivity index (χ1) is 9.95. The highest BCUT2D eigenvalue weighted by molar-refractivity contribution is 7.85. The summed E-state index contributed by atoms with van der Waals surface area (Å²) in [5.74, 6) is 0.553. The normalized spacial score (nSPS) is 11.8. The second-order valence-corrected chi connectivity index (χ2v) is 5.55. The van der Waals surface area contributed by atoms with Gasteiger partial charge in [-0.3, -0.25) is 0 Å². The van der Waals surface area contributed by atoms with E-state index < -0.39 is 10.1 Å². The smallest absolute Gasteiger partial charge is 0.146 e. The first-order valence-corrected chi connectivity index (χ1v) is 7.40. The molecule has 0 spiro atoms. The summed E-state index contributed by atoms with van der Waals surface area (Å²) in [5, 5.41) is 7.66. The van der Waals surface area contributed by atoms with Crippen LogP contribution in [0, 0.1) is 0 Å². The van der Waals surface area contributed by atoms with Gasteiger partial charge in [-0.2, -0.15) is 10.2 Å². The lowest BCUT2D eigenvalue weighted by Gasteiger charge is -2.10. The van der Waals surface area contributed by atoms with Crippen LogP contribution in [-0.4, -0.2) is 27.1 Å². The molecule has 2 aromatic rings. The van der Waals surface area contributed by atoms with Crippen molar-refractivity contribution < 1.29 is 17.7 Å². The Hall–Kier alpha value is -2.25. The molecule has 0 saturated heterocycles. The third kappa shape index (κ3) is 3.45. The van der Waals surface area contributed by atoms with Gasteiger partial charge in [-0.15, -0.1) is 0 Å². The quantitative estimate of drug-likeness (QED) is 0.641. The zero-order valence-electron chi connectivity index (χ0n) is 11.5. The van der Waals surface area contributed by atoms with Gasteiger partial charge in [0.05, 0.1) is 12.0 Å². The molecule has 110 valence electrons. The first-order valence-electron chi connectivity index (χ1n) is 6.00. The number of nitrogens with zero attached hydrogens (tertiary/aromatic N) is 2. The molecule has 0 amide bonds. The Kier molecular flexibility index (Phi) is 4.35. The summed E-state index contributed by atoms with van der Waals surface area (Å²) in [7, 11) is -1.42. The topological polar surface area (TPSA) is 91.2 Å². The van der Waals surface area contributed by atoms with Crippen LogP contribution in [0.1, 0.15) is 0 Å². The highest BCUT2D eigenvalue weighted by Crippen LogP contribution is 2.33. The molecule has 0 aliphatic rings. The van der Waals surface area contributed by atoms with Crippen molar-refractivity contribution in [3.8, 4) is 16.9 Å². The molecule has 7 heteroatoms. The maximum Gasteiger partial charge on any atom is 0.146 e. The minimum absolute atomic E-state index is 0.269. The molecular weight excluding hydrogens is 292 g/mol. The molecule has 2 aromatic carbocycles. The van der Waals surface area contributed by atoms with Gasteiger partial charge in [0, 0.05) is 7.05 Å². The van der Waals surface area contributed by atoms with Crippen molar-refractivity contribution >= 4 is 15.8 Å². The maximum absolute atomic E-state index is 11.1. The van der Waals surface area contributed by atoms with Crippen molar-refractivity contribution in [2.45, 2.75) is 4.90 Å². The lowest BCUT2D eigenvalue weighted by molar-refractivity contribution is 0.416. The summed E-state index contributed by atoms with van der Waals surface area (Å²) < 4.78 is 38.4. The molecule has 0 heterocycles. The predicted octanol–water partition coefficient (Wildman–Crippen LogP) is 2.98. The second kappa shape index (κ2) is 6.02. The number of rotatable bonds is 4. The van der Waals surface area contributed by atoms with Crippen molar-refractivity contribution in [2.24, 2.45) is 10.2 Å². The van der Waals surface area contributed by atoms with Crippen molar-refractivity contribution in [2.75, 3.05) is 14.2 Å². The highest BCUT2D eigenvalue weighted by Gasteiger charge is 2.08. The van der Waals surface area contributed by atoms with E-state index in [0.29, 0.717) is 22.6 Å². The van der Waals surface area contributed by atoms with E-state index in [2.05, 4.69) is 10.2 Å². The number of benzene rings is 2. The Morgan fingerprint density at radius 3 is 2.43 bits per heavy atom. The van der Waals surface area contributed by atoms with E-state index in [4.69, 9.17) is 4.74 Å². The van der Waals surface area contributed by atoms with Crippen molar-refractivity contribution in [3.05, 3.63) is 42.5 Å². The molecular formula is C14H13N2O4S-. The third-order valence-corrected chi connectivity index (χ3v) is 3.67. The molecule has 0 bridgehead atoms. The van der Waals surface area contributed by atoms with Gasteiger partial charge in [-0.25, -0.2) is 8.42 Å². The van der Waals surface area contributed by atoms with Gasteiger partial charge in [0.15, 0.2) is 0 Å². The molecule has 21 heavy (non-hydrogen) atoms. The fourth-order valence-corrected chi connectivity index (χ4v) is 2.40. The predicted molar refractivity (Wildman–Crippen MR) is 76.8 cm³/mol. The molecule has 2 rings (SSSR count). The van der Waals surface area contributed by atoms with Gasteiger partial charge in [0.2, 0.25) is 0 Å². The first kappa shape index (κ1) is 15.1. The summed E-state index contributed by atoms with van der Waals surface area (Å²) in [6.45, 7) is 0. The van der Waals surface area contributed by atoms with Crippen LogP contribution in [0.25, 0.3) is 11.1 Å². The number of hydrogen-bond acceptors (Lipinski definition) is 6. The van der Waals surface area contributed by atoms with Crippen LogP contribution in [0.4, 0.5) is 5.69 Å². The molecule has 0 aromatic heterocycles. The van der Waals surface area contributed by atoms with Crippen LogP contribution in [-0.2, 0) is 10.1 Å². The van der Waals surface area contributed by atoms with Crippen LogP contribution in [0.15, 0.2) is 57.6 Å². The van der Waals surface area contributed by atoms with Crippen LogP contribution in [0.3, 0.4) is 0 Å². The molecule has 0 radical (unpaired) electrons. The van der Waals surface area contributed by atoms with E-state index in [1.54, 1.807) is 24.3 Å². The number of ether oxygens (including phenoxy) is 1. The Morgan fingerprint density at radius 2 is 1.81 bits per heavy atom. The maximum atomic E-state index is 11.1. The lowest BCUT2D eigenvalue weighted by Crippen LogP contribution is -1.98. The van der Waals surface area contributed by atoms with Crippen LogP contribution >= 0.6 is 0 Å².